The first-order valence-corrected chi connectivity index (χ1v) is 10.5. The molecule has 2 aromatic heterocycles. The van der Waals surface area contributed by atoms with Crippen molar-refractivity contribution in [1.82, 2.24) is 15.0 Å². The normalized spacial score (nSPS) is 18.9. The van der Waals surface area contributed by atoms with Crippen molar-refractivity contribution < 1.29 is 52.4 Å². The van der Waals surface area contributed by atoms with Crippen molar-refractivity contribution in [2.45, 2.75) is 43.6 Å². The number of benzene rings is 1. The van der Waals surface area contributed by atoms with Crippen LogP contribution >= 0.6 is 0 Å². The van der Waals surface area contributed by atoms with E-state index in [1.807, 2.05) is 20.8 Å². The van der Waals surface area contributed by atoms with E-state index in [4.69, 9.17) is 14.2 Å². The summed E-state index contributed by atoms with van der Waals surface area (Å²) in [6, 6.07) is 5.86. The molecule has 30 heavy (non-hydrogen) atoms. The summed E-state index contributed by atoms with van der Waals surface area (Å²) >= 11 is 0. The third-order valence-electron chi connectivity index (χ3n) is 4.59. The predicted octanol–water partition coefficient (Wildman–Crippen LogP) is -0.123. The molecule has 1 aliphatic rings. The van der Waals surface area contributed by atoms with Gasteiger partial charge in [-0.2, -0.15) is 0 Å². The van der Waals surface area contributed by atoms with E-state index in [-0.39, 0.29) is 46.6 Å². The fourth-order valence-corrected chi connectivity index (χ4v) is 4.16. The zero-order valence-electron chi connectivity index (χ0n) is 17.3. The fraction of sp³-hybridized carbons (Fsp3) is 0.400. The van der Waals surface area contributed by atoms with Crippen LogP contribution < -0.4 is 39.3 Å². The maximum absolute atomic E-state index is 13.3. The smallest absolute Gasteiger partial charge is 0.490 e. The Morgan fingerprint density at radius 1 is 1.37 bits per heavy atom. The Bertz CT molecular complexity index is 1080. The third-order valence-corrected chi connectivity index (χ3v) is 5.72. The second-order valence-corrected chi connectivity index (χ2v) is 8.62. The first-order chi connectivity index (χ1) is 13.8. The van der Waals surface area contributed by atoms with Crippen LogP contribution in [0.25, 0.3) is 11.0 Å². The number of hydrogen-bond acceptors (Lipinski definition) is 6. The van der Waals surface area contributed by atoms with Crippen LogP contribution in [0.5, 0.6) is 5.75 Å². The van der Waals surface area contributed by atoms with E-state index in [0.29, 0.717) is 35.7 Å². The van der Waals surface area contributed by atoms with E-state index in [1.54, 1.807) is 12.3 Å². The summed E-state index contributed by atoms with van der Waals surface area (Å²) in [5.74, 6) is -0.221. The molecule has 1 fully saturated rings. The molecule has 7 nitrogen and oxygen atoms in total. The molecule has 3 aromatic rings. The van der Waals surface area contributed by atoms with E-state index in [1.165, 1.54) is 18.2 Å². The van der Waals surface area contributed by atoms with Crippen LogP contribution in [0.1, 0.15) is 25.1 Å². The molecule has 1 saturated heterocycles. The quantitative estimate of drug-likeness (QED) is 0.493. The first kappa shape index (κ1) is 23.3. The number of aromatic nitrogens is 3. The zero-order chi connectivity index (χ0) is 20.6. The SMILES string of the molecule is Cc1c(OCC2COC(C)(C)O2)ccnc1CS(=O)c1nc2cc(F)ccc2[n-]1.[Na+]. The summed E-state index contributed by atoms with van der Waals surface area (Å²) < 4.78 is 43.2. The number of ether oxygens (including phenoxy) is 3. The van der Waals surface area contributed by atoms with Gasteiger partial charge in [0.1, 0.15) is 24.3 Å². The van der Waals surface area contributed by atoms with Crippen LogP contribution in [0.3, 0.4) is 0 Å². The molecule has 3 heterocycles. The monoisotopic (exact) mass is 441 g/mol. The summed E-state index contributed by atoms with van der Waals surface area (Å²) in [7, 11) is -1.52. The van der Waals surface area contributed by atoms with Gasteiger partial charge in [-0.25, -0.2) is 4.39 Å². The van der Waals surface area contributed by atoms with Crippen LogP contribution in [-0.2, 0) is 26.0 Å². The average molecular weight is 441 g/mol. The largest absolute Gasteiger partial charge is 1.00 e. The van der Waals surface area contributed by atoms with Crippen molar-refractivity contribution in [1.29, 1.82) is 0 Å². The molecule has 0 spiro atoms. The summed E-state index contributed by atoms with van der Waals surface area (Å²) in [6.45, 7) is 6.40. The van der Waals surface area contributed by atoms with E-state index < -0.39 is 22.4 Å². The minimum absolute atomic E-state index is 0. The molecule has 10 heteroatoms. The van der Waals surface area contributed by atoms with Gasteiger partial charge in [-0.3, -0.25) is 9.19 Å². The number of halogens is 1. The van der Waals surface area contributed by atoms with E-state index in [9.17, 15) is 8.60 Å². The van der Waals surface area contributed by atoms with Crippen molar-refractivity contribution in [3.8, 4) is 5.75 Å². The topological polar surface area (TPSA) is 84.6 Å². The molecule has 0 N–H and O–H groups in total. The number of fused-ring (bicyclic) bond motifs is 1. The molecule has 2 atom stereocenters. The number of hydrogen-bond donors (Lipinski definition) is 0. The van der Waals surface area contributed by atoms with Crippen LogP contribution in [0.4, 0.5) is 4.39 Å². The average Bonchev–Trinajstić information content (AvgIpc) is 3.24. The van der Waals surface area contributed by atoms with Crippen molar-refractivity contribution in [3.05, 3.63) is 47.5 Å². The number of imidazole rings is 1. The minimum atomic E-state index is -1.52. The Morgan fingerprint density at radius 2 is 2.17 bits per heavy atom. The van der Waals surface area contributed by atoms with Crippen LogP contribution in [0.15, 0.2) is 35.6 Å². The summed E-state index contributed by atoms with van der Waals surface area (Å²) in [6.07, 6.45) is 1.46. The van der Waals surface area contributed by atoms with Gasteiger partial charge in [-0.05, 0) is 50.0 Å². The maximum atomic E-state index is 13.3. The molecule has 0 radical (unpaired) electrons. The van der Waals surface area contributed by atoms with Gasteiger partial charge in [-0.1, -0.05) is 6.07 Å². The molecular weight excluding hydrogens is 420 g/mol. The van der Waals surface area contributed by atoms with Gasteiger partial charge in [0.25, 0.3) is 0 Å². The van der Waals surface area contributed by atoms with Gasteiger partial charge in [-0.15, -0.1) is 0 Å². The van der Waals surface area contributed by atoms with Gasteiger partial charge in [0, 0.05) is 16.9 Å². The Kier molecular flexibility index (Phi) is 7.32. The van der Waals surface area contributed by atoms with Crippen molar-refractivity contribution in [2.24, 2.45) is 0 Å². The van der Waals surface area contributed by atoms with Crippen LogP contribution in [0.2, 0.25) is 0 Å². The molecule has 0 saturated carbocycles. The van der Waals surface area contributed by atoms with E-state index in [2.05, 4.69) is 15.0 Å². The molecule has 0 amide bonds. The second kappa shape index (κ2) is 9.42. The predicted molar refractivity (Wildman–Crippen MR) is 105 cm³/mol. The van der Waals surface area contributed by atoms with Gasteiger partial charge in [0.05, 0.1) is 28.9 Å². The number of pyridine rings is 1. The first-order valence-electron chi connectivity index (χ1n) is 9.18. The van der Waals surface area contributed by atoms with Crippen LogP contribution in [-0.4, -0.2) is 39.3 Å². The third kappa shape index (κ3) is 5.27. The Morgan fingerprint density at radius 3 is 2.90 bits per heavy atom. The standard InChI is InChI=1S/C20H21FN3O4S.Na/c1-12-17(11-29(25)19-23-15-5-4-13(21)8-16(15)24-19)22-7-6-18(12)26-9-14-10-27-20(2,3)28-14;/h4-8,14H,9-11H2,1-3H3;/q-1;+1. The van der Waals surface area contributed by atoms with Crippen LogP contribution in [0, 0.1) is 12.7 Å². The van der Waals surface area contributed by atoms with E-state index in [0.717, 1.165) is 5.56 Å². The molecule has 4 rings (SSSR count). The number of nitrogens with zero attached hydrogens (tertiary/aromatic N) is 3. The molecule has 0 bridgehead atoms. The van der Waals surface area contributed by atoms with E-state index >= 15 is 0 Å². The maximum Gasteiger partial charge on any atom is 1.00 e. The number of rotatable bonds is 6. The van der Waals surface area contributed by atoms with Gasteiger partial charge in [0.2, 0.25) is 0 Å². The summed E-state index contributed by atoms with van der Waals surface area (Å²) in [5, 5.41) is 0.164. The summed E-state index contributed by atoms with van der Waals surface area (Å²) in [5.41, 5.74) is 2.32. The second-order valence-electron chi connectivity index (χ2n) is 7.27. The molecular formula is C20H21FN3NaO4S. The van der Waals surface area contributed by atoms with Gasteiger partial charge < -0.3 is 24.2 Å². The van der Waals surface area contributed by atoms with Crippen molar-refractivity contribution in [3.63, 3.8) is 0 Å². The Labute approximate surface area is 198 Å². The zero-order valence-corrected chi connectivity index (χ0v) is 20.2. The fourth-order valence-electron chi connectivity index (χ4n) is 3.09. The molecule has 1 aliphatic heterocycles. The summed E-state index contributed by atoms with van der Waals surface area (Å²) in [4.78, 5) is 12.8. The van der Waals surface area contributed by atoms with Crippen molar-refractivity contribution >= 4 is 21.8 Å². The minimum Gasteiger partial charge on any atom is -0.490 e. The van der Waals surface area contributed by atoms with Crippen molar-refractivity contribution in [2.75, 3.05) is 13.2 Å². The van der Waals surface area contributed by atoms with Gasteiger partial charge in [0.15, 0.2) is 5.79 Å². The Hall–Kier alpha value is -1.36. The Balaban J connectivity index is 0.00000256. The molecule has 154 valence electrons. The molecule has 0 aliphatic carbocycles. The molecule has 2 unspecified atom stereocenters. The molecule has 1 aromatic carbocycles. The van der Waals surface area contributed by atoms with Gasteiger partial charge >= 0.3 is 29.6 Å².